The van der Waals surface area contributed by atoms with Crippen LogP contribution in [-0.4, -0.2) is 64.2 Å². The highest BCUT2D eigenvalue weighted by atomic mass is 16.7. The van der Waals surface area contributed by atoms with E-state index in [2.05, 4.69) is 134 Å². The number of rotatable bonds is 13. The molecule has 0 bridgehead atoms. The van der Waals surface area contributed by atoms with E-state index < -0.39 is 6.03 Å². The fourth-order valence-electron chi connectivity index (χ4n) is 9.52. The number of benzene rings is 4. The van der Waals surface area contributed by atoms with Crippen molar-refractivity contribution in [3.63, 3.8) is 0 Å². The summed E-state index contributed by atoms with van der Waals surface area (Å²) in [6.07, 6.45) is 17.8. The molecule has 4 aromatic rings. The van der Waals surface area contributed by atoms with Crippen molar-refractivity contribution in [2.45, 2.75) is 123 Å². The van der Waals surface area contributed by atoms with Crippen LogP contribution in [0.2, 0.25) is 0 Å². The molecule has 4 aromatic carbocycles. The fraction of sp³-hybridized carbons (Fsp3) is 0.458. The molecule has 2 fully saturated rings. The zero-order valence-corrected chi connectivity index (χ0v) is 32.8. The van der Waals surface area contributed by atoms with Crippen LogP contribution in [0.1, 0.15) is 112 Å². The largest absolute Gasteiger partial charge is 0.704 e. The van der Waals surface area contributed by atoms with E-state index in [0.29, 0.717) is 12.1 Å². The number of ether oxygens (including phenoxy) is 2. The van der Waals surface area contributed by atoms with E-state index in [4.69, 9.17) is 9.47 Å². The van der Waals surface area contributed by atoms with Gasteiger partial charge in [0.2, 0.25) is 12.1 Å². The van der Waals surface area contributed by atoms with Gasteiger partial charge in [-0.3, -0.25) is 0 Å². The highest BCUT2D eigenvalue weighted by molar-refractivity contribution is 5.88. The van der Waals surface area contributed by atoms with Gasteiger partial charge in [0.05, 0.1) is 11.1 Å². The van der Waals surface area contributed by atoms with Crippen molar-refractivity contribution >= 4 is 12.4 Å². The number of unbranched alkanes of at least 4 members (excludes halogenated alkanes) is 2. The number of aryl methyl sites for hydroxylation is 3. The summed E-state index contributed by atoms with van der Waals surface area (Å²) in [6, 6.07) is 26.9. The van der Waals surface area contributed by atoms with Gasteiger partial charge < -0.3 is 14.4 Å². The van der Waals surface area contributed by atoms with Gasteiger partial charge in [0.1, 0.15) is 0 Å². The van der Waals surface area contributed by atoms with Gasteiger partial charge in [-0.2, -0.15) is 0 Å². The summed E-state index contributed by atoms with van der Waals surface area (Å²) in [6.45, 7) is 14.7. The molecular formula is C48H59N3O2+2. The first-order chi connectivity index (χ1) is 25.9. The highest BCUT2D eigenvalue weighted by Gasteiger charge is 2.76. The van der Waals surface area contributed by atoms with Crippen LogP contribution in [0, 0.1) is 13.8 Å². The van der Waals surface area contributed by atoms with Crippen molar-refractivity contribution in [1.82, 2.24) is 4.90 Å². The molecule has 0 amide bonds. The Morgan fingerprint density at radius 2 is 1.11 bits per heavy atom. The van der Waals surface area contributed by atoms with Gasteiger partial charge in [-0.15, -0.1) is 0 Å². The Labute approximate surface area is 318 Å². The summed E-state index contributed by atoms with van der Waals surface area (Å²) in [5.74, 6) is 1.85. The van der Waals surface area contributed by atoms with Gasteiger partial charge >= 0.3 is 6.03 Å². The van der Waals surface area contributed by atoms with Crippen molar-refractivity contribution in [1.29, 1.82) is 0 Å². The molecule has 3 unspecified atom stereocenters. The standard InChI is InChI=1S/C48H59N3O2/c1-6-9-25-49(26-10-7-2)27-24-37-19-12-14-21-43(37)39-29-35(5)47-41(31-39)33-51-45-23-16-15-22-44(45)50-32-40-30-38(42-20-13-11-18-36(42)17-8-3)28-34(4)46(40)52-48(50,51)53-47/h11-14,18-21,28-33,44-45H,6-10,15-17,22-27H2,1-5H3/q+2. The topological polar surface area (TPSA) is 27.7 Å². The van der Waals surface area contributed by atoms with Crippen molar-refractivity contribution in [3.8, 4) is 33.8 Å². The molecule has 8 rings (SSSR count). The summed E-state index contributed by atoms with van der Waals surface area (Å²) < 4.78 is 19.4. The summed E-state index contributed by atoms with van der Waals surface area (Å²) in [5, 5.41) is 0. The molecular weight excluding hydrogens is 651 g/mol. The molecule has 0 N–H and O–H groups in total. The van der Waals surface area contributed by atoms with Crippen molar-refractivity contribution in [2.75, 3.05) is 19.6 Å². The summed E-state index contributed by atoms with van der Waals surface area (Å²) in [7, 11) is 0. The second kappa shape index (κ2) is 15.3. The first-order valence-corrected chi connectivity index (χ1v) is 20.8. The van der Waals surface area contributed by atoms with Gasteiger partial charge in [-0.05, 0) is 134 Å². The quantitative estimate of drug-likeness (QED) is 0.129. The van der Waals surface area contributed by atoms with Crippen LogP contribution in [0.25, 0.3) is 22.3 Å². The Morgan fingerprint density at radius 1 is 0.623 bits per heavy atom. The predicted molar refractivity (Wildman–Crippen MR) is 218 cm³/mol. The molecule has 276 valence electrons. The lowest BCUT2D eigenvalue weighted by atomic mass is 9.90. The van der Waals surface area contributed by atoms with E-state index in [1.807, 2.05) is 0 Å². The van der Waals surface area contributed by atoms with Gasteiger partial charge in [-0.25, -0.2) is 0 Å². The van der Waals surface area contributed by atoms with E-state index >= 15 is 0 Å². The lowest BCUT2D eigenvalue weighted by molar-refractivity contribution is -0.866. The number of fused-ring (bicyclic) bond motifs is 5. The molecule has 4 aliphatic rings. The maximum atomic E-state index is 7.28. The Hall–Kier alpha value is -4.22. The molecule has 53 heavy (non-hydrogen) atoms. The number of hydrogen-bond donors (Lipinski definition) is 0. The third-order valence-electron chi connectivity index (χ3n) is 12.2. The lowest BCUT2D eigenvalue weighted by Crippen LogP contribution is -2.60. The van der Waals surface area contributed by atoms with Crippen LogP contribution in [0.3, 0.4) is 0 Å². The minimum Gasteiger partial charge on any atom is -0.340 e. The van der Waals surface area contributed by atoms with E-state index in [9.17, 15) is 0 Å². The first kappa shape index (κ1) is 35.8. The van der Waals surface area contributed by atoms with Crippen LogP contribution in [0.5, 0.6) is 11.5 Å². The maximum absolute atomic E-state index is 7.28. The average molecular weight is 710 g/mol. The normalized spacial score (nSPS) is 21.0. The Kier molecular flexibility index (Phi) is 10.3. The van der Waals surface area contributed by atoms with E-state index in [1.54, 1.807) is 0 Å². The van der Waals surface area contributed by atoms with Gasteiger partial charge in [0, 0.05) is 19.4 Å². The number of nitrogens with zero attached hydrogens (tertiary/aromatic N) is 3. The average Bonchev–Trinajstić information content (AvgIpc) is 3.45. The maximum Gasteiger partial charge on any atom is 0.704 e. The molecule has 1 saturated carbocycles. The molecule has 0 aromatic heterocycles. The van der Waals surface area contributed by atoms with E-state index in [-0.39, 0.29) is 0 Å². The monoisotopic (exact) mass is 709 g/mol. The lowest BCUT2D eigenvalue weighted by Gasteiger charge is -2.29. The molecule has 1 spiro atoms. The summed E-state index contributed by atoms with van der Waals surface area (Å²) >= 11 is 0. The fourth-order valence-corrected chi connectivity index (χ4v) is 9.52. The first-order valence-electron chi connectivity index (χ1n) is 20.8. The zero-order valence-electron chi connectivity index (χ0n) is 32.8. The Balaban J connectivity index is 1.16. The predicted octanol–water partition coefficient (Wildman–Crippen LogP) is 10.3. The third-order valence-corrected chi connectivity index (χ3v) is 12.2. The van der Waals surface area contributed by atoms with E-state index in [1.165, 1.54) is 85.0 Å². The Bertz CT molecular complexity index is 2040. The second-order valence-electron chi connectivity index (χ2n) is 16.0. The molecule has 3 heterocycles. The Morgan fingerprint density at radius 3 is 1.60 bits per heavy atom. The molecule has 3 atom stereocenters. The van der Waals surface area contributed by atoms with Gasteiger partial charge in [-0.1, -0.05) is 97.7 Å². The molecule has 1 aliphatic carbocycles. The van der Waals surface area contributed by atoms with Crippen molar-refractivity contribution in [2.24, 2.45) is 0 Å². The summed E-state index contributed by atoms with van der Waals surface area (Å²) in [4.78, 5) is 2.68. The van der Waals surface area contributed by atoms with Crippen LogP contribution in [0.15, 0.2) is 72.8 Å². The van der Waals surface area contributed by atoms with Gasteiger partial charge in [0.25, 0.3) is 0 Å². The smallest absolute Gasteiger partial charge is 0.340 e. The van der Waals surface area contributed by atoms with Crippen molar-refractivity contribution < 1.29 is 18.6 Å². The molecule has 0 radical (unpaired) electrons. The van der Waals surface area contributed by atoms with Crippen LogP contribution < -0.4 is 9.47 Å². The molecule has 1 saturated heterocycles. The van der Waals surface area contributed by atoms with Crippen LogP contribution >= 0.6 is 0 Å². The second-order valence-corrected chi connectivity index (χ2v) is 16.0. The third kappa shape index (κ3) is 6.64. The molecule has 5 nitrogen and oxygen atoms in total. The number of hydrogen-bond acceptors (Lipinski definition) is 3. The van der Waals surface area contributed by atoms with Gasteiger partial charge in [0.15, 0.2) is 23.9 Å². The minimum absolute atomic E-state index is 0.320. The summed E-state index contributed by atoms with van der Waals surface area (Å²) in [5.41, 5.74) is 12.6. The zero-order chi connectivity index (χ0) is 36.5. The highest BCUT2D eigenvalue weighted by Crippen LogP contribution is 2.47. The SMILES string of the molecule is CCCCN(CCCC)CCc1ccccc1-c1cc(C)c2c(c1)C=[N+]1C3CCCCC3[N+]3=Cc4cc(-c5ccccc5CCC)cc(C)c4OC31O2. The molecule has 3 aliphatic heterocycles. The van der Waals surface area contributed by atoms with Crippen LogP contribution in [0.4, 0.5) is 0 Å². The van der Waals surface area contributed by atoms with E-state index in [0.717, 1.165) is 72.4 Å². The molecule has 5 heteroatoms. The van der Waals surface area contributed by atoms with Crippen molar-refractivity contribution in [3.05, 3.63) is 106 Å². The minimum atomic E-state index is -1.03. The van der Waals surface area contributed by atoms with Crippen LogP contribution in [-0.2, 0) is 12.8 Å².